The third-order valence-electron chi connectivity index (χ3n) is 3.25. The van der Waals surface area contributed by atoms with Gasteiger partial charge in [0.25, 0.3) is 0 Å². The Morgan fingerprint density at radius 3 is 2.72 bits per heavy atom. The molecule has 0 aliphatic carbocycles. The molecule has 0 saturated carbocycles. The summed E-state index contributed by atoms with van der Waals surface area (Å²) in [7, 11) is 0. The van der Waals surface area contributed by atoms with Gasteiger partial charge in [0.2, 0.25) is 0 Å². The third kappa shape index (κ3) is 1.81. The molecule has 0 aliphatic heterocycles. The molecule has 2 N–H and O–H groups in total. The van der Waals surface area contributed by atoms with Gasteiger partial charge in [0.05, 0.1) is 12.3 Å². The molecule has 18 heavy (non-hydrogen) atoms. The predicted octanol–water partition coefficient (Wildman–Crippen LogP) is 3.79. The van der Waals surface area contributed by atoms with Gasteiger partial charge in [0, 0.05) is 10.9 Å². The SMILES string of the molecule is Cc1cccc(C(N)c2coc3ccccc23)c1. The lowest BCUT2D eigenvalue weighted by Crippen LogP contribution is -2.11. The van der Waals surface area contributed by atoms with Gasteiger partial charge in [-0.2, -0.15) is 0 Å². The monoisotopic (exact) mass is 237 g/mol. The van der Waals surface area contributed by atoms with Crippen molar-refractivity contribution < 1.29 is 4.42 Å². The van der Waals surface area contributed by atoms with Gasteiger partial charge in [-0.3, -0.25) is 0 Å². The quantitative estimate of drug-likeness (QED) is 0.736. The molecule has 0 spiro atoms. The zero-order valence-electron chi connectivity index (χ0n) is 10.3. The molecule has 0 radical (unpaired) electrons. The number of hydrogen-bond donors (Lipinski definition) is 1. The molecule has 1 unspecified atom stereocenters. The highest BCUT2D eigenvalue weighted by Gasteiger charge is 2.14. The first kappa shape index (κ1) is 11.1. The van der Waals surface area contributed by atoms with E-state index < -0.39 is 0 Å². The van der Waals surface area contributed by atoms with E-state index in [2.05, 4.69) is 25.1 Å². The summed E-state index contributed by atoms with van der Waals surface area (Å²) < 4.78 is 5.54. The summed E-state index contributed by atoms with van der Waals surface area (Å²) in [5, 5.41) is 1.09. The molecule has 0 saturated heterocycles. The maximum atomic E-state index is 6.34. The minimum absolute atomic E-state index is 0.145. The van der Waals surface area contributed by atoms with E-state index in [4.69, 9.17) is 10.2 Å². The fourth-order valence-corrected chi connectivity index (χ4v) is 2.28. The van der Waals surface area contributed by atoms with Crippen molar-refractivity contribution in [2.75, 3.05) is 0 Å². The van der Waals surface area contributed by atoms with E-state index in [9.17, 15) is 0 Å². The predicted molar refractivity (Wildman–Crippen MR) is 73.4 cm³/mol. The smallest absolute Gasteiger partial charge is 0.134 e. The Kier molecular flexibility index (Phi) is 2.65. The van der Waals surface area contributed by atoms with Crippen molar-refractivity contribution in [3.63, 3.8) is 0 Å². The number of benzene rings is 2. The molecule has 1 aromatic heterocycles. The highest BCUT2D eigenvalue weighted by molar-refractivity contribution is 5.81. The van der Waals surface area contributed by atoms with E-state index in [-0.39, 0.29) is 6.04 Å². The minimum Gasteiger partial charge on any atom is -0.464 e. The molecule has 2 aromatic carbocycles. The van der Waals surface area contributed by atoms with Crippen molar-refractivity contribution in [3.8, 4) is 0 Å². The van der Waals surface area contributed by atoms with Gasteiger partial charge in [-0.15, -0.1) is 0 Å². The molecule has 1 atom stereocenters. The fraction of sp³-hybridized carbons (Fsp3) is 0.125. The maximum absolute atomic E-state index is 6.34. The van der Waals surface area contributed by atoms with E-state index in [1.165, 1.54) is 5.56 Å². The van der Waals surface area contributed by atoms with Crippen LogP contribution in [0, 0.1) is 6.92 Å². The highest BCUT2D eigenvalue weighted by Crippen LogP contribution is 2.29. The van der Waals surface area contributed by atoms with Crippen molar-refractivity contribution in [1.29, 1.82) is 0 Å². The van der Waals surface area contributed by atoms with Crippen LogP contribution >= 0.6 is 0 Å². The Hall–Kier alpha value is -2.06. The van der Waals surface area contributed by atoms with Crippen molar-refractivity contribution in [2.24, 2.45) is 5.73 Å². The van der Waals surface area contributed by atoms with E-state index >= 15 is 0 Å². The average Bonchev–Trinajstić information content (AvgIpc) is 2.82. The van der Waals surface area contributed by atoms with Gasteiger partial charge in [0.15, 0.2) is 0 Å². The molecule has 90 valence electrons. The van der Waals surface area contributed by atoms with Crippen molar-refractivity contribution in [1.82, 2.24) is 0 Å². The molecule has 0 aliphatic rings. The van der Waals surface area contributed by atoms with Gasteiger partial charge >= 0.3 is 0 Å². The summed E-state index contributed by atoms with van der Waals surface area (Å²) in [6.45, 7) is 2.07. The average molecular weight is 237 g/mol. The molecule has 3 rings (SSSR count). The molecule has 3 aromatic rings. The van der Waals surface area contributed by atoms with Gasteiger partial charge in [0.1, 0.15) is 5.58 Å². The second-order valence-electron chi connectivity index (χ2n) is 4.58. The van der Waals surface area contributed by atoms with Crippen LogP contribution in [0.5, 0.6) is 0 Å². The van der Waals surface area contributed by atoms with Crippen molar-refractivity contribution in [2.45, 2.75) is 13.0 Å². The lowest BCUT2D eigenvalue weighted by molar-refractivity contribution is 0.607. The second-order valence-corrected chi connectivity index (χ2v) is 4.58. The lowest BCUT2D eigenvalue weighted by atomic mass is 9.98. The summed E-state index contributed by atoms with van der Waals surface area (Å²) in [6, 6.07) is 16.1. The van der Waals surface area contributed by atoms with Gasteiger partial charge in [-0.05, 0) is 18.6 Å². The molecule has 0 amide bonds. The van der Waals surface area contributed by atoms with Crippen molar-refractivity contribution in [3.05, 3.63) is 71.5 Å². The summed E-state index contributed by atoms with van der Waals surface area (Å²) >= 11 is 0. The minimum atomic E-state index is -0.145. The number of nitrogens with two attached hydrogens (primary N) is 1. The Labute approximate surface area is 106 Å². The largest absolute Gasteiger partial charge is 0.464 e. The van der Waals surface area contributed by atoms with Crippen LogP contribution in [0.4, 0.5) is 0 Å². The molecular weight excluding hydrogens is 222 g/mol. The van der Waals surface area contributed by atoms with Crippen LogP contribution in [0.3, 0.4) is 0 Å². The van der Waals surface area contributed by atoms with Gasteiger partial charge < -0.3 is 10.2 Å². The summed E-state index contributed by atoms with van der Waals surface area (Å²) in [4.78, 5) is 0. The Morgan fingerprint density at radius 1 is 1.06 bits per heavy atom. The first-order valence-electron chi connectivity index (χ1n) is 6.04. The summed E-state index contributed by atoms with van der Waals surface area (Å²) in [5.74, 6) is 0. The zero-order chi connectivity index (χ0) is 12.5. The normalized spacial score (nSPS) is 12.8. The number of para-hydroxylation sites is 1. The Morgan fingerprint density at radius 2 is 1.89 bits per heavy atom. The molecular formula is C16H15NO. The number of furan rings is 1. The summed E-state index contributed by atoms with van der Waals surface area (Å²) in [6.07, 6.45) is 1.76. The Balaban J connectivity index is 2.09. The van der Waals surface area contributed by atoms with Crippen LogP contribution in [0.1, 0.15) is 22.7 Å². The highest BCUT2D eigenvalue weighted by atomic mass is 16.3. The fourth-order valence-electron chi connectivity index (χ4n) is 2.28. The topological polar surface area (TPSA) is 39.2 Å². The molecule has 2 nitrogen and oxygen atoms in total. The second kappa shape index (κ2) is 4.31. The van der Waals surface area contributed by atoms with Crippen molar-refractivity contribution >= 4 is 11.0 Å². The maximum Gasteiger partial charge on any atom is 0.134 e. The number of rotatable bonds is 2. The zero-order valence-corrected chi connectivity index (χ0v) is 10.3. The standard InChI is InChI=1S/C16H15NO/c1-11-5-4-6-12(9-11)16(17)14-10-18-15-8-3-2-7-13(14)15/h2-10,16H,17H2,1H3. The summed E-state index contributed by atoms with van der Waals surface area (Å²) in [5.41, 5.74) is 10.6. The molecule has 0 fully saturated rings. The van der Waals surface area contributed by atoms with Crippen LogP contribution in [-0.4, -0.2) is 0 Å². The number of fused-ring (bicyclic) bond motifs is 1. The van der Waals surface area contributed by atoms with Crippen LogP contribution < -0.4 is 5.73 Å². The van der Waals surface area contributed by atoms with Crippen LogP contribution in [0.15, 0.2) is 59.2 Å². The van der Waals surface area contributed by atoms with Gasteiger partial charge in [-0.25, -0.2) is 0 Å². The third-order valence-corrected chi connectivity index (χ3v) is 3.25. The lowest BCUT2D eigenvalue weighted by Gasteiger charge is -2.11. The first-order chi connectivity index (χ1) is 8.75. The van der Waals surface area contributed by atoms with Gasteiger partial charge in [-0.1, -0.05) is 48.0 Å². The molecule has 0 bridgehead atoms. The van der Waals surface area contributed by atoms with E-state index in [0.717, 1.165) is 22.1 Å². The molecule has 2 heteroatoms. The van der Waals surface area contributed by atoms with E-state index in [1.807, 2.05) is 30.3 Å². The first-order valence-corrected chi connectivity index (χ1v) is 6.04. The molecule has 1 heterocycles. The van der Waals surface area contributed by atoms with E-state index in [0.29, 0.717) is 0 Å². The van der Waals surface area contributed by atoms with Crippen LogP contribution in [0.2, 0.25) is 0 Å². The Bertz CT molecular complexity index is 684. The number of hydrogen-bond acceptors (Lipinski definition) is 2. The number of aryl methyl sites for hydroxylation is 1. The van der Waals surface area contributed by atoms with Crippen LogP contribution in [-0.2, 0) is 0 Å². The van der Waals surface area contributed by atoms with E-state index in [1.54, 1.807) is 6.26 Å². The van der Waals surface area contributed by atoms with Crippen LogP contribution in [0.25, 0.3) is 11.0 Å².